The maximum Gasteiger partial charge on any atom is 0.237 e. The molecule has 0 aromatic carbocycles. The van der Waals surface area contributed by atoms with Gasteiger partial charge >= 0.3 is 0 Å². The van der Waals surface area contributed by atoms with Crippen LogP contribution in [0.4, 0.5) is 0 Å². The fourth-order valence-corrected chi connectivity index (χ4v) is 2.30. The smallest absolute Gasteiger partial charge is 0.237 e. The van der Waals surface area contributed by atoms with E-state index in [1.165, 1.54) is 0 Å². The van der Waals surface area contributed by atoms with E-state index in [-0.39, 0.29) is 23.0 Å². The topological polar surface area (TPSA) is 32.3 Å². The molecule has 1 saturated heterocycles. The van der Waals surface area contributed by atoms with Crippen LogP contribution in [0.3, 0.4) is 0 Å². The Hall–Kier alpha value is -0.570. The molecule has 0 aromatic rings. The van der Waals surface area contributed by atoms with Gasteiger partial charge in [0.1, 0.15) is 0 Å². The summed E-state index contributed by atoms with van der Waals surface area (Å²) in [6, 6.07) is 0.0548. The first-order chi connectivity index (χ1) is 7.11. The molecule has 1 N–H and O–H groups in total. The van der Waals surface area contributed by atoms with Gasteiger partial charge in [0.25, 0.3) is 0 Å². The molecule has 3 heteroatoms. The van der Waals surface area contributed by atoms with Crippen LogP contribution in [0.15, 0.2) is 0 Å². The lowest BCUT2D eigenvalue weighted by atomic mass is 10.0. The third-order valence-electron chi connectivity index (χ3n) is 2.92. The Bertz CT molecular complexity index is 260. The molecule has 1 fully saturated rings. The number of hydrogen-bond donors (Lipinski definition) is 1. The zero-order valence-electron chi connectivity index (χ0n) is 11.6. The number of carbonyl (C=O) groups excluding carboxylic acids is 1. The van der Waals surface area contributed by atoms with Gasteiger partial charge in [-0.2, -0.15) is 0 Å². The van der Waals surface area contributed by atoms with E-state index in [2.05, 4.69) is 31.0 Å². The van der Waals surface area contributed by atoms with Crippen LogP contribution in [0.5, 0.6) is 0 Å². The first-order valence-electron chi connectivity index (χ1n) is 6.20. The van der Waals surface area contributed by atoms with E-state index in [9.17, 15) is 4.79 Å². The predicted octanol–water partition coefficient (Wildman–Crippen LogP) is 2.16. The van der Waals surface area contributed by atoms with Crippen LogP contribution in [0.1, 0.15) is 54.4 Å². The van der Waals surface area contributed by atoms with E-state index in [1.807, 2.05) is 20.8 Å². The van der Waals surface area contributed by atoms with Crippen molar-refractivity contribution in [3.8, 4) is 0 Å². The second kappa shape index (κ2) is 4.36. The third kappa shape index (κ3) is 3.48. The molecule has 16 heavy (non-hydrogen) atoms. The Kier molecular flexibility index (Phi) is 3.68. The molecule has 3 nitrogen and oxygen atoms in total. The molecule has 94 valence electrons. The van der Waals surface area contributed by atoms with Crippen molar-refractivity contribution in [2.75, 3.05) is 6.54 Å². The molecule has 1 heterocycles. The molecule has 1 unspecified atom stereocenters. The van der Waals surface area contributed by atoms with E-state index >= 15 is 0 Å². The normalized spacial score (nSPS) is 23.5. The summed E-state index contributed by atoms with van der Waals surface area (Å²) in [5, 5.41) is 3.08. The Balaban J connectivity index is 2.69. The molecular weight excluding hydrogens is 200 g/mol. The molecule has 0 spiro atoms. The largest absolute Gasteiger partial charge is 0.350 e. The van der Waals surface area contributed by atoms with Crippen molar-refractivity contribution in [1.82, 2.24) is 10.2 Å². The summed E-state index contributed by atoms with van der Waals surface area (Å²) in [4.78, 5) is 14.5. The summed E-state index contributed by atoms with van der Waals surface area (Å²) in [6.07, 6.45) is 2.11. The number of carbonyl (C=O) groups is 1. The van der Waals surface area contributed by atoms with Gasteiger partial charge in [0, 0.05) is 11.1 Å². The number of likely N-dealkylation sites (tertiary alicyclic amines) is 1. The number of rotatable bonds is 1. The minimum atomic E-state index is -0.136. The average Bonchev–Trinajstić information content (AvgIpc) is 2.45. The van der Waals surface area contributed by atoms with Crippen LogP contribution in [-0.4, -0.2) is 34.5 Å². The first kappa shape index (κ1) is 13.5. The van der Waals surface area contributed by atoms with E-state index in [1.54, 1.807) is 0 Å². The summed E-state index contributed by atoms with van der Waals surface area (Å²) in [7, 11) is 0. The van der Waals surface area contributed by atoms with Crippen molar-refractivity contribution < 1.29 is 4.79 Å². The predicted molar refractivity (Wildman–Crippen MR) is 67.4 cm³/mol. The fraction of sp³-hybridized carbons (Fsp3) is 0.923. The second-order valence-corrected chi connectivity index (χ2v) is 6.76. The number of nitrogens with one attached hydrogen (secondary N) is 1. The lowest BCUT2D eigenvalue weighted by Gasteiger charge is -2.37. The van der Waals surface area contributed by atoms with Gasteiger partial charge in [0.2, 0.25) is 5.91 Å². The Labute approximate surface area is 99.6 Å². The SMILES string of the molecule is CC(C)(C)NC(=O)C1CCCN1C(C)(C)C. The first-order valence-corrected chi connectivity index (χ1v) is 6.20. The number of amides is 1. The molecule has 0 radical (unpaired) electrons. The van der Waals surface area contributed by atoms with Crippen LogP contribution in [0, 0.1) is 0 Å². The molecule has 0 aromatic heterocycles. The van der Waals surface area contributed by atoms with Crippen molar-refractivity contribution in [1.29, 1.82) is 0 Å². The van der Waals surface area contributed by atoms with Crippen LogP contribution in [0.2, 0.25) is 0 Å². The van der Waals surface area contributed by atoms with Gasteiger partial charge in [0.15, 0.2) is 0 Å². The standard InChI is InChI=1S/C13H26N2O/c1-12(2,3)14-11(16)10-8-7-9-15(10)13(4,5)6/h10H,7-9H2,1-6H3,(H,14,16). The quantitative estimate of drug-likeness (QED) is 0.743. The van der Waals surface area contributed by atoms with Gasteiger partial charge in [0.05, 0.1) is 6.04 Å². The van der Waals surface area contributed by atoms with Gasteiger partial charge in [-0.1, -0.05) is 0 Å². The second-order valence-electron chi connectivity index (χ2n) is 6.76. The Morgan fingerprint density at radius 1 is 1.19 bits per heavy atom. The Morgan fingerprint density at radius 2 is 1.75 bits per heavy atom. The monoisotopic (exact) mass is 226 g/mol. The number of nitrogens with zero attached hydrogens (tertiary/aromatic N) is 1. The Morgan fingerprint density at radius 3 is 2.19 bits per heavy atom. The molecule has 0 aliphatic carbocycles. The van der Waals surface area contributed by atoms with Gasteiger partial charge in [-0.3, -0.25) is 9.69 Å². The third-order valence-corrected chi connectivity index (χ3v) is 2.92. The van der Waals surface area contributed by atoms with Crippen LogP contribution < -0.4 is 5.32 Å². The molecule has 1 amide bonds. The zero-order chi connectivity index (χ0) is 12.6. The highest BCUT2D eigenvalue weighted by atomic mass is 16.2. The molecule has 1 aliphatic rings. The highest BCUT2D eigenvalue weighted by Crippen LogP contribution is 2.26. The van der Waals surface area contributed by atoms with Crippen molar-refractivity contribution in [3.63, 3.8) is 0 Å². The molecule has 0 saturated carbocycles. The molecule has 0 bridgehead atoms. The van der Waals surface area contributed by atoms with Crippen molar-refractivity contribution in [2.45, 2.75) is 71.5 Å². The minimum absolute atomic E-state index is 0.0548. The summed E-state index contributed by atoms with van der Waals surface area (Å²) in [5.41, 5.74) is -0.0559. The van der Waals surface area contributed by atoms with Crippen molar-refractivity contribution in [3.05, 3.63) is 0 Å². The van der Waals surface area contributed by atoms with Gasteiger partial charge in [-0.05, 0) is 60.9 Å². The fourth-order valence-electron chi connectivity index (χ4n) is 2.30. The average molecular weight is 226 g/mol. The van der Waals surface area contributed by atoms with Crippen LogP contribution in [0.25, 0.3) is 0 Å². The molecule has 1 rings (SSSR count). The van der Waals surface area contributed by atoms with Gasteiger partial charge in [-0.15, -0.1) is 0 Å². The maximum absolute atomic E-state index is 12.2. The highest BCUT2D eigenvalue weighted by molar-refractivity contribution is 5.82. The van der Waals surface area contributed by atoms with Crippen molar-refractivity contribution in [2.24, 2.45) is 0 Å². The summed E-state index contributed by atoms with van der Waals surface area (Å²) >= 11 is 0. The van der Waals surface area contributed by atoms with Crippen LogP contribution in [-0.2, 0) is 4.79 Å². The van der Waals surface area contributed by atoms with Crippen LogP contribution >= 0.6 is 0 Å². The van der Waals surface area contributed by atoms with Crippen molar-refractivity contribution >= 4 is 5.91 Å². The number of hydrogen-bond acceptors (Lipinski definition) is 2. The molecule has 1 atom stereocenters. The van der Waals surface area contributed by atoms with E-state index in [0.29, 0.717) is 0 Å². The maximum atomic E-state index is 12.2. The lowest BCUT2D eigenvalue weighted by Crippen LogP contribution is -2.54. The van der Waals surface area contributed by atoms with Gasteiger partial charge in [-0.25, -0.2) is 0 Å². The highest BCUT2D eigenvalue weighted by Gasteiger charge is 2.37. The minimum Gasteiger partial charge on any atom is -0.350 e. The van der Waals surface area contributed by atoms with Gasteiger partial charge < -0.3 is 5.32 Å². The zero-order valence-corrected chi connectivity index (χ0v) is 11.6. The molecular formula is C13H26N2O. The summed E-state index contributed by atoms with van der Waals surface area (Å²) in [5.74, 6) is 0.180. The van der Waals surface area contributed by atoms with E-state index in [0.717, 1.165) is 19.4 Å². The van der Waals surface area contributed by atoms with E-state index < -0.39 is 0 Å². The summed E-state index contributed by atoms with van der Waals surface area (Å²) < 4.78 is 0. The summed E-state index contributed by atoms with van der Waals surface area (Å²) in [6.45, 7) is 13.6. The lowest BCUT2D eigenvalue weighted by molar-refractivity contribution is -0.128. The molecule has 1 aliphatic heterocycles. The van der Waals surface area contributed by atoms with E-state index in [4.69, 9.17) is 0 Å².